The summed E-state index contributed by atoms with van der Waals surface area (Å²) in [5.74, 6) is 0.0838. The predicted molar refractivity (Wildman–Crippen MR) is 156 cm³/mol. The van der Waals surface area contributed by atoms with Gasteiger partial charge in [-0.25, -0.2) is 0 Å². The number of benzene rings is 3. The quantitative estimate of drug-likeness (QED) is 0.268. The van der Waals surface area contributed by atoms with Crippen LogP contribution in [0.3, 0.4) is 0 Å². The van der Waals surface area contributed by atoms with E-state index >= 15 is 0 Å². The van der Waals surface area contributed by atoms with Crippen LogP contribution >= 0.6 is 0 Å². The van der Waals surface area contributed by atoms with Gasteiger partial charge in [0, 0.05) is 42.0 Å². The van der Waals surface area contributed by atoms with Gasteiger partial charge in [-0.2, -0.15) is 5.10 Å². The van der Waals surface area contributed by atoms with Gasteiger partial charge in [0.05, 0.1) is 31.1 Å². The van der Waals surface area contributed by atoms with Gasteiger partial charge in [0.2, 0.25) is 0 Å². The van der Waals surface area contributed by atoms with Gasteiger partial charge >= 0.3 is 0 Å². The second-order valence-corrected chi connectivity index (χ2v) is 10.7. The first-order chi connectivity index (χ1) is 19.0. The minimum Gasteiger partial charge on any atom is -0.377 e. The molecule has 0 amide bonds. The first kappa shape index (κ1) is 23.7. The predicted octanol–water partition coefficient (Wildman–Crippen LogP) is 6.38. The van der Waals surface area contributed by atoms with Crippen LogP contribution in [-0.2, 0) is 11.8 Å². The number of ether oxygens (including phenoxy) is 1. The van der Waals surface area contributed by atoms with E-state index in [1.807, 2.05) is 24.1 Å². The summed E-state index contributed by atoms with van der Waals surface area (Å²) in [7, 11) is 1.85. The third-order valence-corrected chi connectivity index (χ3v) is 8.09. The molecule has 6 nitrogen and oxygen atoms in total. The number of nitrogens with zero attached hydrogens (tertiary/aromatic N) is 4. The summed E-state index contributed by atoms with van der Waals surface area (Å²) in [6.45, 7) is 5.65. The van der Waals surface area contributed by atoms with Crippen LogP contribution in [0.5, 0.6) is 0 Å². The van der Waals surface area contributed by atoms with Crippen LogP contribution in [0.4, 0.5) is 0 Å². The number of aryl methyl sites for hydroxylation is 2. The summed E-state index contributed by atoms with van der Waals surface area (Å²) in [6.07, 6.45) is 5.97. The number of aromatic nitrogens is 4. The zero-order chi connectivity index (χ0) is 26.7. The van der Waals surface area contributed by atoms with Crippen LogP contribution in [0.1, 0.15) is 35.6 Å². The van der Waals surface area contributed by atoms with Crippen LogP contribution in [0.15, 0.2) is 96.2 Å². The largest absolute Gasteiger partial charge is 0.377 e. The molecule has 0 radical (unpaired) electrons. The first-order valence-electron chi connectivity index (χ1n) is 13.4. The number of pyridine rings is 1. The molecule has 7 rings (SSSR count). The van der Waals surface area contributed by atoms with Gasteiger partial charge in [0.25, 0.3) is 5.56 Å². The molecule has 0 bridgehead atoms. The second kappa shape index (κ2) is 9.10. The Balaban J connectivity index is 1.47. The number of rotatable bonds is 5. The van der Waals surface area contributed by atoms with E-state index in [1.165, 1.54) is 21.9 Å². The van der Waals surface area contributed by atoms with E-state index < -0.39 is 0 Å². The highest BCUT2D eigenvalue weighted by Gasteiger charge is 2.25. The summed E-state index contributed by atoms with van der Waals surface area (Å²) in [5.41, 5.74) is 7.06. The lowest BCUT2D eigenvalue weighted by Gasteiger charge is -2.25. The summed E-state index contributed by atoms with van der Waals surface area (Å²) in [6, 6.07) is 25.9. The van der Waals surface area contributed by atoms with Crippen molar-refractivity contribution >= 4 is 21.7 Å². The zero-order valence-electron chi connectivity index (χ0n) is 22.3. The lowest BCUT2D eigenvalue weighted by atomic mass is 9.90. The highest BCUT2D eigenvalue weighted by Crippen LogP contribution is 2.37. The molecule has 4 heterocycles. The third kappa shape index (κ3) is 3.91. The van der Waals surface area contributed by atoms with Crippen LogP contribution in [0.25, 0.3) is 38.6 Å². The Hall–Kier alpha value is -4.42. The number of hydrogen-bond donors (Lipinski definition) is 0. The average Bonchev–Trinajstić information content (AvgIpc) is 3.55. The van der Waals surface area contributed by atoms with Crippen molar-refractivity contribution in [2.75, 3.05) is 13.2 Å². The van der Waals surface area contributed by atoms with Gasteiger partial charge in [-0.1, -0.05) is 67.1 Å². The molecule has 1 saturated heterocycles. The van der Waals surface area contributed by atoms with Gasteiger partial charge in [-0.3, -0.25) is 9.48 Å². The normalized spacial score (nSPS) is 14.6. The molecule has 1 atom stereocenters. The van der Waals surface area contributed by atoms with Crippen molar-refractivity contribution < 1.29 is 4.74 Å². The van der Waals surface area contributed by atoms with Crippen LogP contribution in [0, 0.1) is 6.92 Å². The van der Waals surface area contributed by atoms with Crippen molar-refractivity contribution in [1.29, 1.82) is 0 Å². The molecular formula is C33H30N4O2. The molecule has 0 aliphatic carbocycles. The van der Waals surface area contributed by atoms with Gasteiger partial charge < -0.3 is 13.9 Å². The molecule has 3 aromatic heterocycles. The van der Waals surface area contributed by atoms with Crippen molar-refractivity contribution in [1.82, 2.24) is 18.9 Å². The maximum atomic E-state index is 13.8. The van der Waals surface area contributed by atoms with E-state index in [2.05, 4.69) is 103 Å². The molecule has 39 heavy (non-hydrogen) atoms. The molecule has 6 heteroatoms. The maximum Gasteiger partial charge on any atom is 0.275 e. The molecule has 0 N–H and O–H groups in total. The molecule has 1 unspecified atom stereocenters. The average molecular weight is 515 g/mol. The SMILES string of the molecule is Cc1ccc(-n2c(-c3cnn(C4COC4)c3)cc3c(C(C)c4ccc5ccccc5c4)cn(C)c(=O)c32)cc1. The molecule has 6 aromatic rings. The fraction of sp³-hybridized carbons (Fsp3) is 0.212. The van der Waals surface area contributed by atoms with Crippen LogP contribution in [0.2, 0.25) is 0 Å². The van der Waals surface area contributed by atoms with Crippen LogP contribution < -0.4 is 5.56 Å². The number of hydrogen-bond acceptors (Lipinski definition) is 3. The fourth-order valence-electron chi connectivity index (χ4n) is 5.67. The highest BCUT2D eigenvalue weighted by atomic mass is 16.5. The van der Waals surface area contributed by atoms with E-state index in [0.29, 0.717) is 18.7 Å². The van der Waals surface area contributed by atoms with Crippen molar-refractivity contribution in [3.05, 3.63) is 118 Å². The summed E-state index contributed by atoms with van der Waals surface area (Å²) in [4.78, 5) is 13.8. The third-order valence-electron chi connectivity index (χ3n) is 8.09. The monoisotopic (exact) mass is 514 g/mol. The topological polar surface area (TPSA) is 54.0 Å². The van der Waals surface area contributed by atoms with Crippen molar-refractivity contribution in [3.63, 3.8) is 0 Å². The summed E-state index contributed by atoms with van der Waals surface area (Å²) in [5, 5.41) is 8.05. The van der Waals surface area contributed by atoms with E-state index in [4.69, 9.17) is 4.74 Å². The minimum atomic E-state index is -0.0222. The van der Waals surface area contributed by atoms with E-state index in [9.17, 15) is 4.79 Å². The van der Waals surface area contributed by atoms with Gasteiger partial charge in [-0.15, -0.1) is 0 Å². The minimum absolute atomic E-state index is 0.0222. The standard InChI is InChI=1S/C33H30N4O2/c1-21-8-12-27(13-9-21)37-31(26-16-34-36(17-26)28-19-39-20-28)15-29-30(18-35(3)33(38)32(29)37)22(2)24-11-10-23-6-4-5-7-25(23)14-24/h4-18,22,28H,19-20H2,1-3H3. The Kier molecular flexibility index (Phi) is 5.53. The van der Waals surface area contributed by atoms with Gasteiger partial charge in [0.15, 0.2) is 0 Å². The second-order valence-electron chi connectivity index (χ2n) is 10.7. The van der Waals surface area contributed by atoms with Gasteiger partial charge in [-0.05, 0) is 47.0 Å². The molecule has 1 aliphatic rings. The highest BCUT2D eigenvalue weighted by molar-refractivity contribution is 5.92. The first-order valence-corrected chi connectivity index (χ1v) is 13.4. The lowest BCUT2D eigenvalue weighted by Crippen LogP contribution is -2.30. The van der Waals surface area contributed by atoms with Crippen molar-refractivity contribution in [3.8, 4) is 16.9 Å². The van der Waals surface area contributed by atoms with Crippen molar-refractivity contribution in [2.24, 2.45) is 7.05 Å². The summed E-state index contributed by atoms with van der Waals surface area (Å²) < 4.78 is 11.2. The molecule has 0 saturated carbocycles. The Morgan fingerprint density at radius 3 is 2.46 bits per heavy atom. The molecule has 1 fully saturated rings. The Morgan fingerprint density at radius 2 is 1.72 bits per heavy atom. The van der Waals surface area contributed by atoms with Gasteiger partial charge in [0.1, 0.15) is 5.52 Å². The summed E-state index contributed by atoms with van der Waals surface area (Å²) >= 11 is 0. The Labute approximate surface area is 226 Å². The van der Waals surface area contributed by atoms with E-state index in [1.54, 1.807) is 4.57 Å². The smallest absolute Gasteiger partial charge is 0.275 e. The van der Waals surface area contributed by atoms with E-state index in [0.717, 1.165) is 27.9 Å². The Bertz CT molecular complexity index is 1900. The molecule has 194 valence electrons. The number of fused-ring (bicyclic) bond motifs is 2. The molecule has 1 aliphatic heterocycles. The molecular weight excluding hydrogens is 484 g/mol. The molecule has 0 spiro atoms. The maximum absolute atomic E-state index is 13.8. The Morgan fingerprint density at radius 1 is 0.949 bits per heavy atom. The van der Waals surface area contributed by atoms with E-state index in [-0.39, 0.29) is 17.5 Å². The fourth-order valence-corrected chi connectivity index (χ4v) is 5.67. The van der Waals surface area contributed by atoms with Crippen LogP contribution in [-0.4, -0.2) is 32.1 Å². The lowest BCUT2D eigenvalue weighted by molar-refractivity contribution is -0.0286. The zero-order valence-corrected chi connectivity index (χ0v) is 22.3. The van der Waals surface area contributed by atoms with Crippen molar-refractivity contribution in [2.45, 2.75) is 25.8 Å². The molecule has 3 aromatic carbocycles.